The van der Waals surface area contributed by atoms with Crippen LogP contribution in [0.25, 0.3) is 0 Å². The number of ether oxygens (including phenoxy) is 4. The molecule has 0 aromatic carbocycles. The minimum absolute atomic E-state index is 0.104. The van der Waals surface area contributed by atoms with Gasteiger partial charge in [-0.15, -0.1) is 0 Å². The zero-order valence-electron chi connectivity index (χ0n) is 57.9. The highest BCUT2D eigenvalue weighted by molar-refractivity contribution is 7.47. The third-order valence-corrected chi connectivity index (χ3v) is 18.4. The summed E-state index contributed by atoms with van der Waals surface area (Å²) in [5.41, 5.74) is 0. The highest BCUT2D eigenvalue weighted by atomic mass is 31.2. The molecule has 0 amide bonds. The zero-order valence-corrected chi connectivity index (χ0v) is 59.7. The summed E-state index contributed by atoms with van der Waals surface area (Å²) in [6.45, 7) is 11.8. The molecule has 6 atom stereocenters. The number of rotatable bonds is 68. The summed E-state index contributed by atoms with van der Waals surface area (Å²) < 4.78 is 68.2. The van der Waals surface area contributed by atoms with Crippen molar-refractivity contribution in [3.05, 3.63) is 0 Å². The van der Waals surface area contributed by atoms with Gasteiger partial charge in [-0.05, 0) is 43.4 Å². The van der Waals surface area contributed by atoms with Gasteiger partial charge in [-0.25, -0.2) is 9.13 Å². The Morgan fingerprint density at radius 3 is 0.854 bits per heavy atom. The lowest BCUT2D eigenvalue weighted by molar-refractivity contribution is -0.161. The van der Waals surface area contributed by atoms with E-state index in [0.29, 0.717) is 25.7 Å². The summed E-state index contributed by atoms with van der Waals surface area (Å²) in [5.74, 6) is 0.192. The number of aliphatic hydroxyl groups is 1. The first kappa shape index (κ1) is 87.1. The molecule has 0 fully saturated rings. The van der Waals surface area contributed by atoms with Crippen LogP contribution in [-0.4, -0.2) is 96.7 Å². The van der Waals surface area contributed by atoms with E-state index in [-0.39, 0.29) is 25.7 Å². The summed E-state index contributed by atoms with van der Waals surface area (Å²) in [5, 5.41) is 10.6. The Morgan fingerprint density at radius 1 is 0.326 bits per heavy atom. The second-order valence-corrected chi connectivity index (χ2v) is 29.4. The molecular formula is C70H136O17P2. The maximum atomic E-state index is 13.0. The predicted octanol–water partition coefficient (Wildman–Crippen LogP) is 19.8. The molecule has 89 heavy (non-hydrogen) atoms. The average molecular weight is 1310 g/mol. The molecule has 0 heterocycles. The van der Waals surface area contributed by atoms with Crippen LogP contribution in [0.3, 0.4) is 0 Å². The van der Waals surface area contributed by atoms with Crippen LogP contribution in [0, 0.1) is 17.8 Å². The fraction of sp³-hybridized carbons (Fsp3) is 0.943. The minimum Gasteiger partial charge on any atom is -0.462 e. The fourth-order valence-corrected chi connectivity index (χ4v) is 12.1. The SMILES string of the molecule is CCCCCCCCCC(=O)OC[C@H](COP(=O)(O)OC[C@H](O)COP(=O)(O)OC[C@@H](COC(=O)CCCCCCCCCCCCC(C)C)OC(=O)CCCCCCCCCCCCCCCCC(C)C)OC(=O)CCCCCCCCCCC(C)CC. The average Bonchev–Trinajstić information content (AvgIpc) is 3.71. The first-order chi connectivity index (χ1) is 42.8. The maximum Gasteiger partial charge on any atom is 0.472 e. The van der Waals surface area contributed by atoms with Gasteiger partial charge in [0.1, 0.15) is 19.3 Å². The van der Waals surface area contributed by atoms with E-state index >= 15 is 0 Å². The number of esters is 4. The van der Waals surface area contributed by atoms with Crippen molar-refractivity contribution < 1.29 is 80.2 Å². The third kappa shape index (κ3) is 63.2. The minimum atomic E-state index is -4.95. The van der Waals surface area contributed by atoms with E-state index in [9.17, 15) is 43.2 Å². The summed E-state index contributed by atoms with van der Waals surface area (Å²) >= 11 is 0. The van der Waals surface area contributed by atoms with Crippen molar-refractivity contribution in [3.63, 3.8) is 0 Å². The van der Waals surface area contributed by atoms with Crippen LogP contribution in [0.5, 0.6) is 0 Å². The van der Waals surface area contributed by atoms with Crippen molar-refractivity contribution in [2.24, 2.45) is 17.8 Å². The molecule has 0 rings (SSSR count). The first-order valence-corrected chi connectivity index (χ1v) is 39.4. The molecule has 17 nitrogen and oxygen atoms in total. The Balaban J connectivity index is 5.21. The van der Waals surface area contributed by atoms with Crippen LogP contribution >= 0.6 is 15.6 Å². The van der Waals surface area contributed by atoms with Crippen LogP contribution in [0.15, 0.2) is 0 Å². The molecule has 0 radical (unpaired) electrons. The van der Waals surface area contributed by atoms with Gasteiger partial charge < -0.3 is 33.8 Å². The van der Waals surface area contributed by atoms with E-state index < -0.39 is 97.5 Å². The van der Waals surface area contributed by atoms with Gasteiger partial charge in [0.2, 0.25) is 0 Å². The summed E-state index contributed by atoms with van der Waals surface area (Å²) in [4.78, 5) is 72.4. The first-order valence-electron chi connectivity index (χ1n) is 36.4. The molecule has 3 unspecified atom stereocenters. The molecule has 528 valence electrons. The van der Waals surface area contributed by atoms with E-state index in [1.807, 2.05) is 0 Å². The molecular weight excluding hydrogens is 1170 g/mol. The predicted molar refractivity (Wildman–Crippen MR) is 358 cm³/mol. The largest absolute Gasteiger partial charge is 0.472 e. The van der Waals surface area contributed by atoms with Crippen molar-refractivity contribution >= 4 is 39.5 Å². The van der Waals surface area contributed by atoms with Gasteiger partial charge >= 0.3 is 39.5 Å². The standard InChI is InChI=1S/C70H136O17P2/c1-8-10-11-12-27-37-44-51-67(72)80-57-65(87-70(75)54-47-40-33-26-25-30-36-43-50-63(7)9-2)59-84-88(76,77)82-55-64(71)56-83-89(78,79)85-60-66(58-81-68(73)52-45-38-31-23-20-19-22-29-35-42-49-62(5)6)86-69(74)53-46-39-32-24-18-16-14-13-15-17-21-28-34-41-48-61(3)4/h61-66,71H,8-60H2,1-7H3,(H,76,77)(H,78,79)/t63?,64-,65+,66+/m0/s1. The zero-order chi connectivity index (χ0) is 65.9. The van der Waals surface area contributed by atoms with Crippen molar-refractivity contribution in [3.8, 4) is 0 Å². The number of carbonyl (C=O) groups excluding carboxylic acids is 4. The number of carbonyl (C=O) groups is 4. The van der Waals surface area contributed by atoms with Gasteiger partial charge in [0, 0.05) is 25.7 Å². The lowest BCUT2D eigenvalue weighted by Gasteiger charge is -2.21. The van der Waals surface area contributed by atoms with E-state index in [1.54, 1.807) is 0 Å². The summed E-state index contributed by atoms with van der Waals surface area (Å²) in [6.07, 6.45) is 44.5. The van der Waals surface area contributed by atoms with Crippen LogP contribution in [0.1, 0.15) is 350 Å². The quantitative estimate of drug-likeness (QED) is 0.0222. The number of phosphoric ester groups is 2. The number of unbranched alkanes of at least 4 members (excludes halogenated alkanes) is 35. The van der Waals surface area contributed by atoms with Gasteiger partial charge in [0.25, 0.3) is 0 Å². The molecule has 0 aliphatic heterocycles. The molecule has 0 saturated carbocycles. The lowest BCUT2D eigenvalue weighted by atomic mass is 9.99. The molecule has 0 saturated heterocycles. The number of hydrogen-bond donors (Lipinski definition) is 3. The molecule has 0 spiro atoms. The number of phosphoric acid groups is 2. The van der Waals surface area contributed by atoms with Crippen molar-refractivity contribution in [2.75, 3.05) is 39.6 Å². The Morgan fingerprint density at radius 2 is 0.573 bits per heavy atom. The van der Waals surface area contributed by atoms with Crippen LogP contribution in [0.2, 0.25) is 0 Å². The van der Waals surface area contributed by atoms with Crippen molar-refractivity contribution in [1.82, 2.24) is 0 Å². The van der Waals surface area contributed by atoms with E-state index in [1.165, 1.54) is 148 Å². The van der Waals surface area contributed by atoms with E-state index in [0.717, 1.165) is 120 Å². The molecule has 19 heteroatoms. The topological polar surface area (TPSA) is 237 Å². The van der Waals surface area contributed by atoms with E-state index in [2.05, 4.69) is 48.5 Å². The van der Waals surface area contributed by atoms with Gasteiger partial charge in [0.15, 0.2) is 12.2 Å². The van der Waals surface area contributed by atoms with Crippen LogP contribution < -0.4 is 0 Å². The smallest absolute Gasteiger partial charge is 0.462 e. The van der Waals surface area contributed by atoms with Crippen LogP contribution in [-0.2, 0) is 65.4 Å². The van der Waals surface area contributed by atoms with Gasteiger partial charge in [-0.1, -0.05) is 299 Å². The second kappa shape index (κ2) is 61.0. The normalized spacial score (nSPS) is 14.5. The second-order valence-electron chi connectivity index (χ2n) is 26.5. The van der Waals surface area contributed by atoms with Crippen LogP contribution in [0.4, 0.5) is 0 Å². The Hall–Kier alpha value is -1.94. The summed E-state index contributed by atoms with van der Waals surface area (Å²) in [7, 11) is -9.90. The Bertz CT molecular complexity index is 1750. The molecule has 0 aliphatic rings. The number of hydrogen-bond acceptors (Lipinski definition) is 15. The molecule has 0 aliphatic carbocycles. The highest BCUT2D eigenvalue weighted by Gasteiger charge is 2.30. The third-order valence-electron chi connectivity index (χ3n) is 16.5. The fourth-order valence-electron chi connectivity index (χ4n) is 10.5. The van der Waals surface area contributed by atoms with Gasteiger partial charge in [-0.3, -0.25) is 37.3 Å². The molecule has 0 bridgehead atoms. The maximum absolute atomic E-state index is 13.0. The lowest BCUT2D eigenvalue weighted by Crippen LogP contribution is -2.30. The van der Waals surface area contributed by atoms with Crippen molar-refractivity contribution in [1.29, 1.82) is 0 Å². The molecule has 0 aromatic heterocycles. The van der Waals surface area contributed by atoms with E-state index in [4.69, 9.17) is 37.0 Å². The molecule has 0 aromatic rings. The Labute approximate surface area is 543 Å². The molecule has 3 N–H and O–H groups in total. The van der Waals surface area contributed by atoms with Gasteiger partial charge in [-0.2, -0.15) is 0 Å². The number of aliphatic hydroxyl groups excluding tert-OH is 1. The van der Waals surface area contributed by atoms with Crippen molar-refractivity contribution in [2.45, 2.75) is 369 Å². The Kier molecular flexibility index (Phi) is 59.6. The highest BCUT2D eigenvalue weighted by Crippen LogP contribution is 2.45. The monoisotopic (exact) mass is 1310 g/mol. The summed E-state index contributed by atoms with van der Waals surface area (Å²) in [6, 6.07) is 0. The van der Waals surface area contributed by atoms with Gasteiger partial charge in [0.05, 0.1) is 26.4 Å².